The van der Waals surface area contributed by atoms with E-state index in [-0.39, 0.29) is 6.42 Å². The molecule has 0 spiro atoms. The SMILES string of the molecule is [NH]CC(F)(F)C1=NC=CCC1=O. The number of Topliss-reactive ketones (excluding diaryl/α,β-unsaturated/α-hetero) is 1. The lowest BCUT2D eigenvalue weighted by molar-refractivity contribution is -0.113. The van der Waals surface area contributed by atoms with Crippen LogP contribution in [0.3, 0.4) is 0 Å². The van der Waals surface area contributed by atoms with Crippen LogP contribution in [-0.2, 0) is 4.79 Å². The second-order valence-electron chi connectivity index (χ2n) is 2.37. The first-order valence-corrected chi connectivity index (χ1v) is 3.37. The van der Waals surface area contributed by atoms with E-state index >= 15 is 0 Å². The maximum Gasteiger partial charge on any atom is 0.306 e. The molecule has 12 heavy (non-hydrogen) atoms. The van der Waals surface area contributed by atoms with Gasteiger partial charge in [-0.3, -0.25) is 15.5 Å². The van der Waals surface area contributed by atoms with Crippen LogP contribution in [0.5, 0.6) is 0 Å². The van der Waals surface area contributed by atoms with Crippen LogP contribution in [0.1, 0.15) is 6.42 Å². The van der Waals surface area contributed by atoms with E-state index in [0.717, 1.165) is 0 Å². The predicted octanol–water partition coefficient (Wildman–Crippen LogP) is 0.832. The van der Waals surface area contributed by atoms with Crippen molar-refractivity contribution in [2.24, 2.45) is 4.99 Å². The van der Waals surface area contributed by atoms with Crippen molar-refractivity contribution in [3.8, 4) is 0 Å². The van der Waals surface area contributed by atoms with Gasteiger partial charge in [-0.2, -0.15) is 8.78 Å². The lowest BCUT2D eigenvalue weighted by atomic mass is 10.1. The van der Waals surface area contributed by atoms with E-state index in [4.69, 9.17) is 5.73 Å². The minimum atomic E-state index is -3.40. The molecule has 3 nitrogen and oxygen atoms in total. The van der Waals surface area contributed by atoms with Gasteiger partial charge in [0.15, 0.2) is 11.5 Å². The van der Waals surface area contributed by atoms with Gasteiger partial charge in [-0.1, -0.05) is 6.08 Å². The first kappa shape index (κ1) is 8.99. The van der Waals surface area contributed by atoms with Gasteiger partial charge in [-0.05, 0) is 0 Å². The molecule has 65 valence electrons. The zero-order valence-corrected chi connectivity index (χ0v) is 6.18. The molecule has 1 radical (unpaired) electrons. The van der Waals surface area contributed by atoms with Gasteiger partial charge in [0, 0.05) is 12.6 Å². The molecule has 1 aliphatic rings. The zero-order valence-electron chi connectivity index (χ0n) is 6.18. The van der Waals surface area contributed by atoms with Gasteiger partial charge in [0.2, 0.25) is 0 Å². The van der Waals surface area contributed by atoms with Crippen molar-refractivity contribution in [2.75, 3.05) is 6.54 Å². The molecule has 0 saturated heterocycles. The molecule has 0 aromatic rings. The Labute approximate surface area is 68.0 Å². The highest BCUT2D eigenvalue weighted by Gasteiger charge is 2.39. The molecule has 5 heteroatoms. The second-order valence-corrected chi connectivity index (χ2v) is 2.37. The van der Waals surface area contributed by atoms with Crippen molar-refractivity contribution in [1.82, 2.24) is 5.73 Å². The Morgan fingerprint density at radius 3 is 2.83 bits per heavy atom. The van der Waals surface area contributed by atoms with Gasteiger partial charge in [-0.15, -0.1) is 0 Å². The zero-order chi connectivity index (χ0) is 9.19. The number of carbonyl (C=O) groups is 1. The van der Waals surface area contributed by atoms with E-state index in [0.29, 0.717) is 0 Å². The van der Waals surface area contributed by atoms with Crippen molar-refractivity contribution in [2.45, 2.75) is 12.3 Å². The highest BCUT2D eigenvalue weighted by molar-refractivity contribution is 6.43. The van der Waals surface area contributed by atoms with Gasteiger partial charge >= 0.3 is 5.92 Å². The summed E-state index contributed by atoms with van der Waals surface area (Å²) in [4.78, 5) is 14.1. The average molecular weight is 173 g/mol. The number of aliphatic imine (C=N–C) groups is 1. The number of hydrogen-bond donors (Lipinski definition) is 0. The third kappa shape index (κ3) is 1.55. The highest BCUT2D eigenvalue weighted by Crippen LogP contribution is 2.18. The van der Waals surface area contributed by atoms with Crippen LogP contribution >= 0.6 is 0 Å². The van der Waals surface area contributed by atoms with Gasteiger partial charge in [-0.25, -0.2) is 0 Å². The fourth-order valence-electron chi connectivity index (χ4n) is 0.838. The van der Waals surface area contributed by atoms with Crippen molar-refractivity contribution >= 4 is 11.5 Å². The van der Waals surface area contributed by atoms with Crippen molar-refractivity contribution in [3.05, 3.63) is 12.3 Å². The minimum absolute atomic E-state index is 0.0472. The summed E-state index contributed by atoms with van der Waals surface area (Å²) in [5, 5.41) is 0. The summed E-state index contributed by atoms with van der Waals surface area (Å²) in [5.41, 5.74) is 5.73. The van der Waals surface area contributed by atoms with E-state index in [1.165, 1.54) is 12.3 Å². The third-order valence-corrected chi connectivity index (χ3v) is 1.44. The van der Waals surface area contributed by atoms with E-state index in [1.807, 2.05) is 0 Å². The summed E-state index contributed by atoms with van der Waals surface area (Å²) in [7, 11) is 0. The van der Waals surface area contributed by atoms with Gasteiger partial charge in [0.05, 0.1) is 6.54 Å². The van der Waals surface area contributed by atoms with Crippen LogP contribution in [0.2, 0.25) is 0 Å². The van der Waals surface area contributed by atoms with Gasteiger partial charge in [0.1, 0.15) is 0 Å². The molecule has 0 aromatic heterocycles. The Morgan fingerprint density at radius 1 is 1.67 bits per heavy atom. The Balaban J connectivity index is 2.93. The molecule has 1 N–H and O–H groups in total. The Morgan fingerprint density at radius 2 is 2.33 bits per heavy atom. The molecule has 0 atom stereocenters. The molecular formula is C7H7F2N2O. The molecule has 0 aliphatic carbocycles. The third-order valence-electron chi connectivity index (χ3n) is 1.44. The molecule has 1 rings (SSSR count). The van der Waals surface area contributed by atoms with Crippen LogP contribution in [0.25, 0.3) is 0 Å². The molecule has 1 heterocycles. The Kier molecular flexibility index (Phi) is 2.32. The summed E-state index contributed by atoms with van der Waals surface area (Å²) in [6.45, 7) is -1.13. The number of halogens is 2. The minimum Gasteiger partial charge on any atom is -0.292 e. The summed E-state index contributed by atoms with van der Waals surface area (Å²) in [5.74, 6) is -4.10. The highest BCUT2D eigenvalue weighted by atomic mass is 19.3. The number of alkyl halides is 2. The summed E-state index contributed by atoms with van der Waals surface area (Å²) >= 11 is 0. The molecule has 0 unspecified atom stereocenters. The first-order chi connectivity index (χ1) is 5.58. The molecule has 0 fully saturated rings. The summed E-state index contributed by atoms with van der Waals surface area (Å²) in [6, 6.07) is 0. The standard InChI is InChI=1S/C7H7F2N2O/c8-7(9,4-10)6-5(12)2-1-3-11-6/h1,3,10H,2,4H2. The van der Waals surface area contributed by atoms with Crippen LogP contribution in [-0.4, -0.2) is 24.0 Å². The Hall–Kier alpha value is -1.10. The smallest absolute Gasteiger partial charge is 0.292 e. The van der Waals surface area contributed by atoms with Crippen molar-refractivity contribution in [3.63, 3.8) is 0 Å². The quantitative estimate of drug-likeness (QED) is 0.610. The van der Waals surface area contributed by atoms with E-state index < -0.39 is 24.0 Å². The fraction of sp³-hybridized carbons (Fsp3) is 0.429. The lowest BCUT2D eigenvalue weighted by Gasteiger charge is -2.15. The number of rotatable bonds is 2. The molecule has 0 aromatic carbocycles. The van der Waals surface area contributed by atoms with Crippen LogP contribution in [0.15, 0.2) is 17.3 Å². The predicted molar refractivity (Wildman–Crippen MR) is 39.1 cm³/mol. The number of hydrogen-bond acceptors (Lipinski definition) is 2. The van der Waals surface area contributed by atoms with Crippen LogP contribution < -0.4 is 5.73 Å². The number of nitrogens with one attached hydrogen (secondary N) is 1. The van der Waals surface area contributed by atoms with Gasteiger partial charge < -0.3 is 0 Å². The topological polar surface area (TPSA) is 53.2 Å². The van der Waals surface area contributed by atoms with Crippen molar-refractivity contribution in [1.29, 1.82) is 0 Å². The molecule has 0 bridgehead atoms. The number of allylic oxidation sites excluding steroid dienone is 1. The van der Waals surface area contributed by atoms with E-state index in [1.54, 1.807) is 0 Å². The van der Waals surface area contributed by atoms with E-state index in [9.17, 15) is 13.6 Å². The Bertz CT molecular complexity index is 258. The van der Waals surface area contributed by atoms with E-state index in [2.05, 4.69) is 4.99 Å². The fourth-order valence-corrected chi connectivity index (χ4v) is 0.838. The monoisotopic (exact) mass is 173 g/mol. The maximum absolute atomic E-state index is 12.7. The molecule has 0 amide bonds. The lowest BCUT2D eigenvalue weighted by Crippen LogP contribution is -2.39. The maximum atomic E-state index is 12.7. The normalized spacial score (nSPS) is 17.9. The second kappa shape index (κ2) is 3.10. The number of ketones is 1. The van der Waals surface area contributed by atoms with Crippen molar-refractivity contribution < 1.29 is 13.6 Å². The molecule has 1 aliphatic heterocycles. The summed E-state index contributed by atoms with van der Waals surface area (Å²) in [6.07, 6.45) is 2.53. The largest absolute Gasteiger partial charge is 0.306 e. The molecule has 0 saturated carbocycles. The first-order valence-electron chi connectivity index (χ1n) is 3.37. The number of carbonyl (C=O) groups excluding carboxylic acids is 1. The molecular weight excluding hydrogens is 166 g/mol. The van der Waals surface area contributed by atoms with Crippen LogP contribution in [0, 0.1) is 0 Å². The van der Waals surface area contributed by atoms with Crippen LogP contribution in [0.4, 0.5) is 8.78 Å². The number of nitrogens with zero attached hydrogens (tertiary/aromatic N) is 1. The average Bonchev–Trinajstić information content (AvgIpc) is 2.05. The summed E-state index contributed by atoms with van der Waals surface area (Å²) < 4.78 is 25.4. The van der Waals surface area contributed by atoms with Gasteiger partial charge in [0.25, 0.3) is 0 Å².